The third kappa shape index (κ3) is 8.34. The van der Waals surface area contributed by atoms with E-state index in [0.29, 0.717) is 0 Å². The molecule has 0 bridgehead atoms. The average molecular weight is 288 g/mol. The molecule has 0 rings (SSSR count). The monoisotopic (exact) mass is 288 g/mol. The summed E-state index contributed by atoms with van der Waals surface area (Å²) in [4.78, 5) is 33.1. The lowest BCUT2D eigenvalue weighted by atomic mass is 10.1. The summed E-state index contributed by atoms with van der Waals surface area (Å²) in [6.07, 6.45) is 2.73. The SMILES string of the molecule is CCCC(CC)NC(=O)N[C@H](CCCC(=O)O)C(=O)O. The normalized spacial score (nSPS) is 13.3. The quantitative estimate of drug-likeness (QED) is 0.487. The maximum absolute atomic E-state index is 11.7. The molecule has 0 aliphatic heterocycles. The fourth-order valence-corrected chi connectivity index (χ4v) is 1.83. The van der Waals surface area contributed by atoms with Crippen LogP contribution in [-0.4, -0.2) is 40.3 Å². The number of carbonyl (C=O) groups excluding carboxylic acids is 1. The number of nitrogens with one attached hydrogen (secondary N) is 2. The topological polar surface area (TPSA) is 116 Å². The fourth-order valence-electron chi connectivity index (χ4n) is 1.83. The van der Waals surface area contributed by atoms with Crippen LogP contribution >= 0.6 is 0 Å². The highest BCUT2D eigenvalue weighted by molar-refractivity contribution is 5.82. The second-order valence-corrected chi connectivity index (χ2v) is 4.69. The number of carbonyl (C=O) groups is 3. The number of urea groups is 1. The smallest absolute Gasteiger partial charge is 0.326 e. The van der Waals surface area contributed by atoms with Gasteiger partial charge in [-0.05, 0) is 25.7 Å². The van der Waals surface area contributed by atoms with Crippen molar-refractivity contribution in [2.75, 3.05) is 0 Å². The highest BCUT2D eigenvalue weighted by Gasteiger charge is 2.20. The van der Waals surface area contributed by atoms with Gasteiger partial charge in [-0.15, -0.1) is 0 Å². The highest BCUT2D eigenvalue weighted by atomic mass is 16.4. The van der Waals surface area contributed by atoms with E-state index >= 15 is 0 Å². The van der Waals surface area contributed by atoms with Gasteiger partial charge >= 0.3 is 18.0 Å². The van der Waals surface area contributed by atoms with Crippen LogP contribution in [-0.2, 0) is 9.59 Å². The van der Waals surface area contributed by atoms with E-state index in [0.717, 1.165) is 19.3 Å². The summed E-state index contributed by atoms with van der Waals surface area (Å²) in [6, 6.07) is -1.56. The van der Waals surface area contributed by atoms with Gasteiger partial charge in [0.2, 0.25) is 0 Å². The Balaban J connectivity index is 4.25. The Kier molecular flexibility index (Phi) is 9.15. The van der Waals surface area contributed by atoms with Crippen LogP contribution < -0.4 is 10.6 Å². The molecule has 0 fully saturated rings. The van der Waals surface area contributed by atoms with Crippen LogP contribution in [0.2, 0.25) is 0 Å². The summed E-state index contributed by atoms with van der Waals surface area (Å²) in [6.45, 7) is 3.95. The number of carboxylic acid groups (broad SMARTS) is 2. The first-order chi connectivity index (χ1) is 9.40. The van der Waals surface area contributed by atoms with Crippen molar-refractivity contribution in [3.05, 3.63) is 0 Å². The molecule has 2 amide bonds. The van der Waals surface area contributed by atoms with Gasteiger partial charge in [0.1, 0.15) is 6.04 Å². The summed E-state index contributed by atoms with van der Waals surface area (Å²) in [5.41, 5.74) is 0. The van der Waals surface area contributed by atoms with E-state index in [-0.39, 0.29) is 25.3 Å². The van der Waals surface area contributed by atoms with E-state index in [1.807, 2.05) is 13.8 Å². The first-order valence-electron chi connectivity index (χ1n) is 6.92. The second kappa shape index (κ2) is 10.1. The Hall–Kier alpha value is -1.79. The average Bonchev–Trinajstić information content (AvgIpc) is 2.36. The van der Waals surface area contributed by atoms with Crippen LogP contribution in [0.1, 0.15) is 52.4 Å². The van der Waals surface area contributed by atoms with Gasteiger partial charge in [0.05, 0.1) is 0 Å². The molecule has 2 atom stereocenters. The fraction of sp³-hybridized carbons (Fsp3) is 0.769. The van der Waals surface area contributed by atoms with Gasteiger partial charge in [-0.1, -0.05) is 20.3 Å². The van der Waals surface area contributed by atoms with E-state index in [4.69, 9.17) is 10.2 Å². The minimum atomic E-state index is -1.16. The van der Waals surface area contributed by atoms with Gasteiger partial charge in [-0.2, -0.15) is 0 Å². The Morgan fingerprint density at radius 3 is 2.15 bits per heavy atom. The van der Waals surface area contributed by atoms with Crippen LogP contribution in [0.4, 0.5) is 4.79 Å². The molecule has 1 unspecified atom stereocenters. The van der Waals surface area contributed by atoms with Crippen LogP contribution in [0, 0.1) is 0 Å². The van der Waals surface area contributed by atoms with Crippen molar-refractivity contribution in [3.63, 3.8) is 0 Å². The van der Waals surface area contributed by atoms with Gasteiger partial charge in [0.15, 0.2) is 0 Å². The van der Waals surface area contributed by atoms with E-state index in [9.17, 15) is 14.4 Å². The van der Waals surface area contributed by atoms with E-state index in [1.165, 1.54) is 0 Å². The van der Waals surface area contributed by atoms with Crippen molar-refractivity contribution in [1.29, 1.82) is 0 Å². The molecule has 0 aromatic heterocycles. The van der Waals surface area contributed by atoms with Gasteiger partial charge in [-0.25, -0.2) is 9.59 Å². The summed E-state index contributed by atoms with van der Waals surface area (Å²) >= 11 is 0. The van der Waals surface area contributed by atoms with E-state index < -0.39 is 24.0 Å². The molecule has 0 saturated heterocycles. The first-order valence-corrected chi connectivity index (χ1v) is 6.92. The molecular formula is C13H24N2O5. The maximum atomic E-state index is 11.7. The van der Waals surface area contributed by atoms with E-state index in [1.54, 1.807) is 0 Å². The standard InChI is InChI=1S/C13H24N2O5/c1-3-6-9(4-2)14-13(20)15-10(12(18)19)7-5-8-11(16)17/h9-10H,3-8H2,1-2H3,(H,16,17)(H,18,19)(H2,14,15,20)/t9?,10-/m1/s1. The molecule has 0 saturated carbocycles. The minimum Gasteiger partial charge on any atom is -0.481 e. The number of hydrogen-bond acceptors (Lipinski definition) is 3. The number of amides is 2. The van der Waals surface area contributed by atoms with Crippen molar-refractivity contribution >= 4 is 18.0 Å². The zero-order chi connectivity index (χ0) is 15.5. The molecule has 7 nitrogen and oxygen atoms in total. The lowest BCUT2D eigenvalue weighted by molar-refractivity contribution is -0.140. The highest BCUT2D eigenvalue weighted by Crippen LogP contribution is 2.03. The van der Waals surface area contributed by atoms with Crippen LogP contribution in [0.5, 0.6) is 0 Å². The molecule has 0 radical (unpaired) electrons. The maximum Gasteiger partial charge on any atom is 0.326 e. The third-order valence-electron chi connectivity index (χ3n) is 2.95. The number of hydrogen-bond donors (Lipinski definition) is 4. The van der Waals surface area contributed by atoms with Crippen molar-refractivity contribution in [2.45, 2.75) is 64.5 Å². The number of carboxylic acids is 2. The molecular weight excluding hydrogens is 264 g/mol. The minimum absolute atomic E-state index is 0.0217. The number of aliphatic carboxylic acids is 2. The Morgan fingerprint density at radius 1 is 1.05 bits per heavy atom. The van der Waals surface area contributed by atoms with Gasteiger partial charge in [-0.3, -0.25) is 4.79 Å². The summed E-state index contributed by atoms with van der Waals surface area (Å²) in [5.74, 6) is -2.14. The lowest BCUT2D eigenvalue weighted by Gasteiger charge is -2.19. The Morgan fingerprint density at radius 2 is 1.70 bits per heavy atom. The van der Waals surface area contributed by atoms with Gasteiger partial charge in [0.25, 0.3) is 0 Å². The van der Waals surface area contributed by atoms with Crippen molar-refractivity contribution in [3.8, 4) is 0 Å². The second-order valence-electron chi connectivity index (χ2n) is 4.69. The number of rotatable bonds is 10. The van der Waals surface area contributed by atoms with Crippen LogP contribution in [0.3, 0.4) is 0 Å². The Labute approximate surface area is 118 Å². The molecule has 20 heavy (non-hydrogen) atoms. The van der Waals surface area contributed by atoms with Crippen molar-refractivity contribution in [2.24, 2.45) is 0 Å². The molecule has 7 heteroatoms. The summed E-state index contributed by atoms with van der Waals surface area (Å²) in [5, 5.41) is 22.6. The van der Waals surface area contributed by atoms with Crippen LogP contribution in [0.15, 0.2) is 0 Å². The van der Waals surface area contributed by atoms with E-state index in [2.05, 4.69) is 10.6 Å². The predicted octanol–water partition coefficient (Wildman–Crippen LogP) is 1.57. The molecule has 4 N–H and O–H groups in total. The molecule has 0 aromatic rings. The largest absolute Gasteiger partial charge is 0.481 e. The summed E-state index contributed by atoms with van der Waals surface area (Å²) in [7, 11) is 0. The van der Waals surface area contributed by atoms with Gasteiger partial charge < -0.3 is 20.8 Å². The molecule has 0 spiro atoms. The summed E-state index contributed by atoms with van der Waals surface area (Å²) < 4.78 is 0. The molecule has 116 valence electrons. The molecule has 0 aromatic carbocycles. The molecule has 0 heterocycles. The first kappa shape index (κ1) is 18.2. The zero-order valence-electron chi connectivity index (χ0n) is 12.0. The molecule has 0 aliphatic rings. The predicted molar refractivity (Wildman–Crippen MR) is 73.6 cm³/mol. The van der Waals surface area contributed by atoms with Crippen molar-refractivity contribution < 1.29 is 24.6 Å². The van der Waals surface area contributed by atoms with Gasteiger partial charge in [0, 0.05) is 12.5 Å². The third-order valence-corrected chi connectivity index (χ3v) is 2.95. The Bertz CT molecular complexity index is 333. The van der Waals surface area contributed by atoms with Crippen LogP contribution in [0.25, 0.3) is 0 Å². The zero-order valence-corrected chi connectivity index (χ0v) is 12.0. The molecule has 0 aliphatic carbocycles. The van der Waals surface area contributed by atoms with Crippen molar-refractivity contribution in [1.82, 2.24) is 10.6 Å². The lowest BCUT2D eigenvalue weighted by Crippen LogP contribution is -2.48.